The molecule has 2 N–H and O–H groups in total. The third-order valence-electron chi connectivity index (χ3n) is 4.10. The molecule has 1 atom stereocenters. The van der Waals surface area contributed by atoms with Gasteiger partial charge in [0.05, 0.1) is 6.54 Å². The van der Waals surface area contributed by atoms with Crippen molar-refractivity contribution in [3.8, 4) is 5.75 Å². The molecule has 2 aromatic carbocycles. The van der Waals surface area contributed by atoms with E-state index in [-0.39, 0.29) is 18.4 Å². The highest BCUT2D eigenvalue weighted by Crippen LogP contribution is 2.18. The van der Waals surface area contributed by atoms with Crippen LogP contribution in [0, 0.1) is 0 Å². The van der Waals surface area contributed by atoms with E-state index in [9.17, 15) is 9.59 Å². The maximum absolute atomic E-state index is 11.9. The SMILES string of the molecule is O=C(CNC(=O)C1CCCO1)Nc1ccc(OCc2ccc(Cl)cc2)cc1. The number of carbonyl (C=O) groups excluding carboxylic acids is 2. The average Bonchev–Trinajstić information content (AvgIpc) is 3.22. The first-order valence-electron chi connectivity index (χ1n) is 8.76. The molecule has 1 fully saturated rings. The van der Waals surface area contributed by atoms with Crippen LogP contribution in [0.15, 0.2) is 48.5 Å². The van der Waals surface area contributed by atoms with Crippen LogP contribution in [0.1, 0.15) is 18.4 Å². The summed E-state index contributed by atoms with van der Waals surface area (Å²) >= 11 is 5.86. The second-order valence-corrected chi connectivity index (χ2v) is 6.64. The summed E-state index contributed by atoms with van der Waals surface area (Å²) in [5.41, 5.74) is 1.64. The highest BCUT2D eigenvalue weighted by atomic mass is 35.5. The second kappa shape index (κ2) is 9.39. The van der Waals surface area contributed by atoms with E-state index >= 15 is 0 Å². The Balaban J connectivity index is 1.42. The normalized spacial score (nSPS) is 16.0. The molecule has 7 heteroatoms. The largest absolute Gasteiger partial charge is 0.489 e. The van der Waals surface area contributed by atoms with Gasteiger partial charge in [0.25, 0.3) is 0 Å². The van der Waals surface area contributed by atoms with Gasteiger partial charge in [0, 0.05) is 17.3 Å². The van der Waals surface area contributed by atoms with E-state index in [4.69, 9.17) is 21.1 Å². The third kappa shape index (κ3) is 5.98. The molecule has 142 valence electrons. The van der Waals surface area contributed by atoms with E-state index in [1.807, 2.05) is 24.3 Å². The van der Waals surface area contributed by atoms with Crippen LogP contribution in [0.3, 0.4) is 0 Å². The molecule has 1 aliphatic heterocycles. The number of rotatable bonds is 7. The summed E-state index contributed by atoms with van der Waals surface area (Å²) in [4.78, 5) is 23.8. The molecule has 0 aromatic heterocycles. The molecule has 1 saturated heterocycles. The summed E-state index contributed by atoms with van der Waals surface area (Å²) in [6.45, 7) is 0.933. The lowest BCUT2D eigenvalue weighted by atomic mass is 10.2. The Morgan fingerprint density at radius 1 is 1.11 bits per heavy atom. The first-order chi connectivity index (χ1) is 13.1. The summed E-state index contributed by atoms with van der Waals surface area (Å²) in [6.07, 6.45) is 1.14. The molecule has 6 nitrogen and oxygen atoms in total. The monoisotopic (exact) mass is 388 g/mol. The van der Waals surface area contributed by atoms with Crippen LogP contribution in [-0.4, -0.2) is 31.1 Å². The van der Waals surface area contributed by atoms with Crippen molar-refractivity contribution in [1.29, 1.82) is 0 Å². The Bertz CT molecular complexity index is 772. The van der Waals surface area contributed by atoms with E-state index in [0.29, 0.717) is 36.1 Å². The zero-order chi connectivity index (χ0) is 19.1. The maximum atomic E-state index is 11.9. The molecule has 2 aromatic rings. The molecule has 1 unspecified atom stereocenters. The zero-order valence-electron chi connectivity index (χ0n) is 14.7. The van der Waals surface area contributed by atoms with Gasteiger partial charge in [0.15, 0.2) is 0 Å². The van der Waals surface area contributed by atoms with Gasteiger partial charge in [-0.15, -0.1) is 0 Å². The number of hydrogen-bond donors (Lipinski definition) is 2. The molecule has 1 heterocycles. The lowest BCUT2D eigenvalue weighted by Gasteiger charge is -2.11. The van der Waals surface area contributed by atoms with E-state index in [1.165, 1.54) is 0 Å². The van der Waals surface area contributed by atoms with Gasteiger partial charge in [-0.25, -0.2) is 0 Å². The number of benzene rings is 2. The topological polar surface area (TPSA) is 76.7 Å². The summed E-state index contributed by atoms with van der Waals surface area (Å²) in [5, 5.41) is 6.00. The highest BCUT2D eigenvalue weighted by Gasteiger charge is 2.23. The molecule has 0 aliphatic carbocycles. The minimum absolute atomic E-state index is 0.0898. The molecular weight excluding hydrogens is 368 g/mol. The molecule has 0 saturated carbocycles. The van der Waals surface area contributed by atoms with Crippen LogP contribution < -0.4 is 15.4 Å². The van der Waals surface area contributed by atoms with Crippen LogP contribution in [0.25, 0.3) is 0 Å². The van der Waals surface area contributed by atoms with Gasteiger partial charge in [-0.2, -0.15) is 0 Å². The molecule has 0 spiro atoms. The molecule has 27 heavy (non-hydrogen) atoms. The van der Waals surface area contributed by atoms with Crippen molar-refractivity contribution in [2.75, 3.05) is 18.5 Å². The van der Waals surface area contributed by atoms with Crippen LogP contribution in [-0.2, 0) is 20.9 Å². The van der Waals surface area contributed by atoms with Gasteiger partial charge in [0.1, 0.15) is 18.5 Å². The zero-order valence-corrected chi connectivity index (χ0v) is 15.5. The van der Waals surface area contributed by atoms with Gasteiger partial charge in [-0.05, 0) is 54.8 Å². The fourth-order valence-electron chi connectivity index (χ4n) is 2.65. The van der Waals surface area contributed by atoms with Gasteiger partial charge < -0.3 is 20.1 Å². The van der Waals surface area contributed by atoms with Gasteiger partial charge in [0.2, 0.25) is 11.8 Å². The molecule has 1 aliphatic rings. The van der Waals surface area contributed by atoms with E-state index in [2.05, 4.69) is 10.6 Å². The van der Waals surface area contributed by atoms with Crippen molar-refractivity contribution in [3.05, 3.63) is 59.1 Å². The van der Waals surface area contributed by atoms with Crippen LogP contribution in [0.5, 0.6) is 5.75 Å². The predicted octanol–water partition coefficient (Wildman–Crippen LogP) is 3.15. The number of hydrogen-bond acceptors (Lipinski definition) is 4. The lowest BCUT2D eigenvalue weighted by molar-refractivity contribution is -0.131. The second-order valence-electron chi connectivity index (χ2n) is 6.21. The number of anilines is 1. The fraction of sp³-hybridized carbons (Fsp3) is 0.300. The molecule has 3 rings (SSSR count). The fourth-order valence-corrected chi connectivity index (χ4v) is 2.78. The van der Waals surface area contributed by atoms with Crippen molar-refractivity contribution in [3.63, 3.8) is 0 Å². The quantitative estimate of drug-likeness (QED) is 0.763. The maximum Gasteiger partial charge on any atom is 0.249 e. The van der Waals surface area contributed by atoms with Gasteiger partial charge >= 0.3 is 0 Å². The number of ether oxygens (including phenoxy) is 2. The minimum atomic E-state index is -0.435. The van der Waals surface area contributed by atoms with Gasteiger partial charge in [-0.3, -0.25) is 9.59 Å². The smallest absolute Gasteiger partial charge is 0.249 e. The Hall–Kier alpha value is -2.57. The third-order valence-corrected chi connectivity index (χ3v) is 4.35. The standard InChI is InChI=1S/C20H21ClN2O4/c21-15-5-3-14(4-6-15)13-27-17-9-7-16(8-10-17)23-19(24)12-22-20(25)18-2-1-11-26-18/h3-10,18H,1-2,11-13H2,(H,22,25)(H,23,24). The van der Waals surface area contributed by atoms with Crippen LogP contribution in [0.4, 0.5) is 5.69 Å². The summed E-state index contributed by atoms with van der Waals surface area (Å²) in [7, 11) is 0. The molecule has 0 bridgehead atoms. The number of amides is 2. The Morgan fingerprint density at radius 2 is 1.85 bits per heavy atom. The lowest BCUT2D eigenvalue weighted by Crippen LogP contribution is -2.39. The van der Waals surface area contributed by atoms with Crippen LogP contribution in [0.2, 0.25) is 5.02 Å². The first-order valence-corrected chi connectivity index (χ1v) is 9.14. The van der Waals surface area contributed by atoms with E-state index in [0.717, 1.165) is 12.0 Å². The average molecular weight is 389 g/mol. The molecule has 2 amide bonds. The van der Waals surface area contributed by atoms with Crippen molar-refractivity contribution in [2.24, 2.45) is 0 Å². The number of carbonyl (C=O) groups is 2. The number of halogens is 1. The predicted molar refractivity (Wildman–Crippen MR) is 103 cm³/mol. The Morgan fingerprint density at radius 3 is 2.52 bits per heavy atom. The summed E-state index contributed by atoms with van der Waals surface area (Å²) in [6, 6.07) is 14.5. The molecular formula is C20H21ClN2O4. The van der Waals surface area contributed by atoms with Crippen molar-refractivity contribution < 1.29 is 19.1 Å². The minimum Gasteiger partial charge on any atom is -0.489 e. The van der Waals surface area contributed by atoms with Crippen LogP contribution >= 0.6 is 11.6 Å². The first kappa shape index (κ1) is 19.2. The van der Waals surface area contributed by atoms with Crippen molar-refractivity contribution >= 4 is 29.1 Å². The summed E-state index contributed by atoms with van der Waals surface area (Å²) < 4.78 is 11.0. The number of nitrogens with one attached hydrogen (secondary N) is 2. The van der Waals surface area contributed by atoms with E-state index < -0.39 is 6.10 Å². The molecule has 0 radical (unpaired) electrons. The van der Waals surface area contributed by atoms with Crippen molar-refractivity contribution in [2.45, 2.75) is 25.6 Å². The Labute approximate surface area is 162 Å². The van der Waals surface area contributed by atoms with E-state index in [1.54, 1.807) is 24.3 Å². The Kier molecular flexibility index (Phi) is 6.68. The highest BCUT2D eigenvalue weighted by molar-refractivity contribution is 6.30. The van der Waals surface area contributed by atoms with Crippen molar-refractivity contribution in [1.82, 2.24) is 5.32 Å². The summed E-state index contributed by atoms with van der Waals surface area (Å²) in [5.74, 6) is 0.152. The van der Waals surface area contributed by atoms with Gasteiger partial charge in [-0.1, -0.05) is 23.7 Å².